The molecule has 0 aromatic carbocycles. The first-order valence-corrected chi connectivity index (χ1v) is 4.84. The van der Waals surface area contributed by atoms with Gasteiger partial charge in [-0.05, 0) is 0 Å². The molecule has 0 rings (SSSR count). The van der Waals surface area contributed by atoms with E-state index in [-0.39, 0.29) is 1.43 Å². The van der Waals surface area contributed by atoms with Gasteiger partial charge in [0.2, 0.25) is 0 Å². The SMILES string of the molecule is COC[CH2][Al+][CH2]COC.[H-]. The summed E-state index contributed by atoms with van der Waals surface area (Å²) in [5.74, 6) is 0. The van der Waals surface area contributed by atoms with Crippen molar-refractivity contribution in [3.63, 3.8) is 0 Å². The molecule has 0 aliphatic heterocycles. The molecule has 0 aliphatic rings. The monoisotopic (exact) mass is 146 g/mol. The number of methoxy groups -OCH3 is 2. The van der Waals surface area contributed by atoms with Crippen LogP contribution in [0.1, 0.15) is 1.43 Å². The minimum atomic E-state index is 0. The van der Waals surface area contributed by atoms with E-state index in [1.54, 1.807) is 14.2 Å². The second kappa shape index (κ2) is 8.45. The van der Waals surface area contributed by atoms with Crippen LogP contribution in [0, 0.1) is 0 Å². The topological polar surface area (TPSA) is 18.5 Å². The molecule has 0 saturated carbocycles. The van der Waals surface area contributed by atoms with E-state index in [9.17, 15) is 0 Å². The maximum absolute atomic E-state index is 4.90. The Kier molecular flexibility index (Phi) is 8.88. The van der Waals surface area contributed by atoms with E-state index in [4.69, 9.17) is 9.47 Å². The van der Waals surface area contributed by atoms with Crippen LogP contribution in [0.5, 0.6) is 0 Å². The summed E-state index contributed by atoms with van der Waals surface area (Å²) in [6, 6.07) is 0. The van der Waals surface area contributed by atoms with Crippen molar-refractivity contribution in [3.05, 3.63) is 0 Å². The van der Waals surface area contributed by atoms with Crippen molar-refractivity contribution < 1.29 is 10.9 Å². The van der Waals surface area contributed by atoms with Gasteiger partial charge in [0.1, 0.15) is 0 Å². The zero-order chi connectivity index (χ0) is 6.95. The fourth-order valence-corrected chi connectivity index (χ4v) is 1.64. The van der Waals surface area contributed by atoms with E-state index in [1.807, 2.05) is 0 Å². The summed E-state index contributed by atoms with van der Waals surface area (Å²) in [6.45, 7) is 1.83. The van der Waals surface area contributed by atoms with Gasteiger partial charge < -0.3 is 1.43 Å². The first kappa shape index (κ1) is 9.45. The van der Waals surface area contributed by atoms with Crippen molar-refractivity contribution in [2.75, 3.05) is 27.4 Å². The molecule has 0 aromatic rings. The smallest absolute Gasteiger partial charge is 1.00 e. The van der Waals surface area contributed by atoms with Crippen molar-refractivity contribution >= 4 is 15.2 Å². The molecule has 0 heterocycles. The predicted molar refractivity (Wildman–Crippen MR) is 40.2 cm³/mol. The largest absolute Gasteiger partial charge is 1.00 e. The van der Waals surface area contributed by atoms with Crippen molar-refractivity contribution in [1.29, 1.82) is 0 Å². The Labute approximate surface area is 64.7 Å². The van der Waals surface area contributed by atoms with Crippen LogP contribution >= 0.6 is 0 Å². The Balaban J connectivity index is 0. The van der Waals surface area contributed by atoms with E-state index >= 15 is 0 Å². The molecule has 54 valence electrons. The Morgan fingerprint density at radius 2 is 1.56 bits per heavy atom. The molecule has 0 saturated heterocycles. The van der Waals surface area contributed by atoms with Gasteiger partial charge in [0, 0.05) is 0 Å². The summed E-state index contributed by atoms with van der Waals surface area (Å²) < 4.78 is 9.80. The number of ether oxygens (including phenoxy) is 2. The Hall–Kier alpha value is 0.452. The molecule has 0 fully saturated rings. The average Bonchev–Trinajstić information content (AvgIpc) is 1.89. The molecule has 0 unspecified atom stereocenters. The summed E-state index contributed by atoms with van der Waals surface area (Å²) in [5.41, 5.74) is 0. The van der Waals surface area contributed by atoms with Crippen LogP contribution in [-0.2, 0) is 9.47 Å². The molecule has 0 radical (unpaired) electrons. The molecule has 0 N–H and O–H groups in total. The standard InChI is InChI=1S/2C3H7O.Al.H/c2*1-3-4-2;;/h2*1,3H2,2H3;;/q;;+1;-1. The minimum Gasteiger partial charge on any atom is -1.00 e. The first-order chi connectivity index (χ1) is 4.41. The molecule has 0 bridgehead atoms. The number of hydrogen-bond acceptors (Lipinski definition) is 2. The summed E-state index contributed by atoms with van der Waals surface area (Å²) in [7, 11) is 3.49. The number of rotatable bonds is 6. The molecule has 0 atom stereocenters. The molecule has 0 amide bonds. The maximum atomic E-state index is 4.90. The van der Waals surface area contributed by atoms with Crippen molar-refractivity contribution in [1.82, 2.24) is 0 Å². The fourth-order valence-electron chi connectivity index (χ4n) is 0.547. The van der Waals surface area contributed by atoms with Gasteiger partial charge in [-0.1, -0.05) is 0 Å². The van der Waals surface area contributed by atoms with Gasteiger partial charge in [0.05, 0.1) is 0 Å². The van der Waals surface area contributed by atoms with Crippen LogP contribution in [0.3, 0.4) is 0 Å². The predicted octanol–water partition coefficient (Wildman–Crippen LogP) is 0.932. The van der Waals surface area contributed by atoms with Crippen LogP contribution < -0.4 is 0 Å². The van der Waals surface area contributed by atoms with Crippen LogP contribution in [0.25, 0.3) is 0 Å². The molecule has 9 heavy (non-hydrogen) atoms. The second-order valence-electron chi connectivity index (χ2n) is 1.85. The third-order valence-corrected chi connectivity index (χ3v) is 2.34. The molecule has 0 spiro atoms. The van der Waals surface area contributed by atoms with Crippen molar-refractivity contribution in [3.8, 4) is 0 Å². The van der Waals surface area contributed by atoms with Crippen molar-refractivity contribution in [2.24, 2.45) is 0 Å². The van der Waals surface area contributed by atoms with E-state index < -0.39 is 0 Å². The van der Waals surface area contributed by atoms with E-state index in [0.717, 1.165) is 13.2 Å². The van der Waals surface area contributed by atoms with Gasteiger partial charge in [-0.2, -0.15) is 0 Å². The first-order valence-electron chi connectivity index (χ1n) is 3.21. The van der Waals surface area contributed by atoms with Crippen LogP contribution in [0.15, 0.2) is 0 Å². The fraction of sp³-hybridized carbons (Fsp3) is 1.00. The van der Waals surface area contributed by atoms with E-state index in [0.29, 0.717) is 15.2 Å². The average molecular weight is 146 g/mol. The Morgan fingerprint density at radius 1 is 1.11 bits per heavy atom. The third-order valence-electron chi connectivity index (χ3n) is 1.05. The maximum Gasteiger partial charge on any atom is -1.00 e. The normalized spacial score (nSPS) is 9.11. The van der Waals surface area contributed by atoms with Gasteiger partial charge in [-0.25, -0.2) is 0 Å². The van der Waals surface area contributed by atoms with Crippen LogP contribution in [-0.4, -0.2) is 42.7 Å². The minimum absolute atomic E-state index is 0. The van der Waals surface area contributed by atoms with Gasteiger partial charge in [0.15, 0.2) is 0 Å². The quantitative estimate of drug-likeness (QED) is 0.410. The molecule has 3 heteroatoms. The summed E-state index contributed by atoms with van der Waals surface area (Å²) in [6.07, 6.45) is 0. The summed E-state index contributed by atoms with van der Waals surface area (Å²) in [5, 5.41) is 2.47. The second-order valence-corrected chi connectivity index (χ2v) is 3.58. The Bertz CT molecular complexity index is 49.0. The zero-order valence-corrected chi connectivity index (χ0v) is 7.38. The Morgan fingerprint density at radius 3 is 1.89 bits per heavy atom. The van der Waals surface area contributed by atoms with Gasteiger partial charge in [-0.3, -0.25) is 0 Å². The molecule has 0 aliphatic carbocycles. The van der Waals surface area contributed by atoms with E-state index in [2.05, 4.69) is 0 Å². The van der Waals surface area contributed by atoms with Gasteiger partial charge in [-0.15, -0.1) is 0 Å². The molecular formula is C6H15AlO2. The molecule has 2 nitrogen and oxygen atoms in total. The van der Waals surface area contributed by atoms with Gasteiger partial charge >= 0.3 is 62.7 Å². The summed E-state index contributed by atoms with van der Waals surface area (Å²) >= 11 is 0.568. The zero-order valence-electron chi connectivity index (χ0n) is 7.22. The number of hydrogen-bond donors (Lipinski definition) is 0. The summed E-state index contributed by atoms with van der Waals surface area (Å²) in [4.78, 5) is 0. The molecule has 0 aromatic heterocycles. The van der Waals surface area contributed by atoms with Crippen molar-refractivity contribution in [2.45, 2.75) is 10.6 Å². The van der Waals surface area contributed by atoms with Crippen LogP contribution in [0.2, 0.25) is 10.6 Å². The van der Waals surface area contributed by atoms with Gasteiger partial charge in [0.25, 0.3) is 0 Å². The van der Waals surface area contributed by atoms with E-state index in [1.165, 1.54) is 10.6 Å². The third kappa shape index (κ3) is 8.45. The molecular weight excluding hydrogens is 131 g/mol. The van der Waals surface area contributed by atoms with Crippen LogP contribution in [0.4, 0.5) is 0 Å².